The van der Waals surface area contributed by atoms with E-state index in [9.17, 15) is 14.0 Å². The van der Waals surface area contributed by atoms with Crippen LogP contribution in [-0.2, 0) is 22.6 Å². The molecule has 3 aromatic rings. The highest BCUT2D eigenvalue weighted by Crippen LogP contribution is 2.34. The van der Waals surface area contributed by atoms with Crippen molar-refractivity contribution in [2.45, 2.75) is 13.0 Å². The molecule has 4 rings (SSSR count). The molecule has 1 heterocycles. The number of ether oxygens (including phenoxy) is 2. The van der Waals surface area contributed by atoms with E-state index in [-0.39, 0.29) is 43.9 Å². The van der Waals surface area contributed by atoms with E-state index in [1.165, 1.54) is 17.0 Å². The second-order valence-corrected chi connectivity index (χ2v) is 7.15. The molecule has 3 aromatic carbocycles. The first kappa shape index (κ1) is 20.4. The summed E-state index contributed by atoms with van der Waals surface area (Å²) in [5, 5.41) is 2.79. The number of nitrogens with one attached hydrogen (secondary N) is 1. The van der Waals surface area contributed by atoms with Gasteiger partial charge in [-0.05, 0) is 35.4 Å². The van der Waals surface area contributed by atoms with Gasteiger partial charge < -0.3 is 19.7 Å². The van der Waals surface area contributed by atoms with E-state index in [2.05, 4.69) is 5.32 Å². The van der Waals surface area contributed by atoms with Crippen molar-refractivity contribution in [1.82, 2.24) is 4.90 Å². The zero-order valence-electron chi connectivity index (χ0n) is 16.7. The average molecular weight is 420 g/mol. The summed E-state index contributed by atoms with van der Waals surface area (Å²) in [7, 11) is 0. The Morgan fingerprint density at radius 3 is 2.42 bits per heavy atom. The highest BCUT2D eigenvalue weighted by Gasteiger charge is 2.19. The summed E-state index contributed by atoms with van der Waals surface area (Å²) < 4.78 is 23.9. The van der Waals surface area contributed by atoms with Crippen LogP contribution in [0.4, 0.5) is 10.1 Å². The molecule has 6 nitrogen and oxygen atoms in total. The minimum atomic E-state index is -0.355. The van der Waals surface area contributed by atoms with Gasteiger partial charge in [-0.1, -0.05) is 42.5 Å². The molecule has 7 heteroatoms. The summed E-state index contributed by atoms with van der Waals surface area (Å²) in [5.74, 6) is 0.278. The molecule has 0 saturated carbocycles. The van der Waals surface area contributed by atoms with Gasteiger partial charge in [-0.2, -0.15) is 0 Å². The fraction of sp³-hybridized carbons (Fsp3) is 0.167. The van der Waals surface area contributed by atoms with Gasteiger partial charge in [0, 0.05) is 18.3 Å². The first-order valence-electron chi connectivity index (χ1n) is 9.82. The van der Waals surface area contributed by atoms with Gasteiger partial charge in [-0.25, -0.2) is 4.39 Å². The third-order valence-electron chi connectivity index (χ3n) is 4.83. The predicted molar refractivity (Wildman–Crippen MR) is 113 cm³/mol. The first-order chi connectivity index (χ1) is 15.1. The Kier molecular flexibility index (Phi) is 6.12. The lowest BCUT2D eigenvalue weighted by Gasteiger charge is -2.23. The quantitative estimate of drug-likeness (QED) is 0.632. The molecule has 158 valence electrons. The number of anilines is 1. The van der Waals surface area contributed by atoms with Crippen molar-refractivity contribution >= 4 is 17.5 Å². The van der Waals surface area contributed by atoms with Gasteiger partial charge in [-0.15, -0.1) is 0 Å². The van der Waals surface area contributed by atoms with Crippen LogP contribution in [0.1, 0.15) is 11.1 Å². The second kappa shape index (κ2) is 9.30. The van der Waals surface area contributed by atoms with Crippen molar-refractivity contribution in [1.29, 1.82) is 0 Å². The number of fused-ring (bicyclic) bond motifs is 1. The van der Waals surface area contributed by atoms with Crippen LogP contribution in [0.5, 0.6) is 11.5 Å². The second-order valence-electron chi connectivity index (χ2n) is 7.15. The lowest BCUT2D eigenvalue weighted by Crippen LogP contribution is -2.38. The van der Waals surface area contributed by atoms with Crippen LogP contribution in [0.2, 0.25) is 0 Å². The van der Waals surface area contributed by atoms with Crippen LogP contribution >= 0.6 is 0 Å². The molecule has 1 aliphatic heterocycles. The number of halogens is 1. The van der Waals surface area contributed by atoms with E-state index >= 15 is 0 Å². The van der Waals surface area contributed by atoms with Crippen molar-refractivity contribution in [2.75, 3.05) is 18.7 Å². The zero-order chi connectivity index (χ0) is 21.6. The number of rotatable bonds is 7. The Morgan fingerprint density at radius 1 is 0.903 bits per heavy atom. The Hall–Kier alpha value is -3.87. The van der Waals surface area contributed by atoms with Gasteiger partial charge in [0.2, 0.25) is 18.6 Å². The molecule has 0 atom stereocenters. The summed E-state index contributed by atoms with van der Waals surface area (Å²) in [6.45, 7) is 0.199. The lowest BCUT2D eigenvalue weighted by atomic mass is 10.1. The highest BCUT2D eigenvalue weighted by atomic mass is 19.1. The monoisotopic (exact) mass is 420 g/mol. The number of benzene rings is 3. The van der Waals surface area contributed by atoms with Gasteiger partial charge in [0.05, 0.1) is 6.42 Å². The fourth-order valence-electron chi connectivity index (χ4n) is 3.27. The van der Waals surface area contributed by atoms with E-state index in [0.717, 1.165) is 11.1 Å². The Morgan fingerprint density at radius 2 is 1.65 bits per heavy atom. The molecule has 2 amide bonds. The SMILES string of the molecule is O=C(CN(Cc1ccc(F)cc1)C(=O)Cc1ccccc1)Nc1ccc2c(c1)OCO2. The van der Waals surface area contributed by atoms with Gasteiger partial charge in [-0.3, -0.25) is 9.59 Å². The summed E-state index contributed by atoms with van der Waals surface area (Å²) >= 11 is 0. The van der Waals surface area contributed by atoms with Gasteiger partial charge in [0.15, 0.2) is 11.5 Å². The molecule has 0 saturated heterocycles. The summed E-state index contributed by atoms with van der Waals surface area (Å²) in [6.07, 6.45) is 0.166. The predicted octanol–water partition coefficient (Wildman–Crippen LogP) is 3.76. The molecule has 0 radical (unpaired) electrons. The molecule has 0 aromatic heterocycles. The topological polar surface area (TPSA) is 67.9 Å². The van der Waals surface area contributed by atoms with Crippen molar-refractivity contribution in [3.63, 3.8) is 0 Å². The summed E-state index contributed by atoms with van der Waals surface area (Å²) in [6, 6.07) is 20.3. The van der Waals surface area contributed by atoms with Gasteiger partial charge in [0.25, 0.3) is 0 Å². The number of amides is 2. The maximum Gasteiger partial charge on any atom is 0.244 e. The van der Waals surface area contributed by atoms with E-state index in [1.54, 1.807) is 30.3 Å². The number of hydrogen-bond acceptors (Lipinski definition) is 4. The van der Waals surface area contributed by atoms with Crippen LogP contribution in [0.25, 0.3) is 0 Å². The normalized spacial score (nSPS) is 11.8. The molecule has 0 aliphatic carbocycles. The van der Waals surface area contributed by atoms with E-state index in [1.807, 2.05) is 30.3 Å². The van der Waals surface area contributed by atoms with E-state index in [0.29, 0.717) is 17.2 Å². The zero-order valence-corrected chi connectivity index (χ0v) is 16.7. The van der Waals surface area contributed by atoms with Crippen LogP contribution < -0.4 is 14.8 Å². The molecular formula is C24H21FN2O4. The number of hydrogen-bond donors (Lipinski definition) is 1. The summed E-state index contributed by atoms with van der Waals surface area (Å²) in [4.78, 5) is 27.1. The molecule has 31 heavy (non-hydrogen) atoms. The van der Waals surface area contributed by atoms with E-state index in [4.69, 9.17) is 9.47 Å². The van der Waals surface area contributed by atoms with Crippen LogP contribution in [0.3, 0.4) is 0 Å². The minimum absolute atomic E-state index is 0.141. The third kappa shape index (κ3) is 5.39. The van der Waals surface area contributed by atoms with Crippen molar-refractivity contribution < 1.29 is 23.5 Å². The fourth-order valence-corrected chi connectivity index (χ4v) is 3.27. The number of carbonyl (C=O) groups is 2. The number of nitrogens with zero attached hydrogens (tertiary/aromatic N) is 1. The third-order valence-corrected chi connectivity index (χ3v) is 4.83. The smallest absolute Gasteiger partial charge is 0.244 e. The van der Waals surface area contributed by atoms with Gasteiger partial charge in [0.1, 0.15) is 12.4 Å². The molecule has 0 bridgehead atoms. The van der Waals surface area contributed by atoms with Gasteiger partial charge >= 0.3 is 0 Å². The Bertz CT molecular complexity index is 1070. The Labute approximate surface area is 179 Å². The standard InChI is InChI=1S/C24H21FN2O4/c25-19-8-6-18(7-9-19)14-27(24(29)12-17-4-2-1-3-5-17)15-23(28)26-20-10-11-21-22(13-20)31-16-30-21/h1-11,13H,12,14-16H2,(H,26,28). The highest BCUT2D eigenvalue weighted by molar-refractivity contribution is 5.95. The molecule has 0 unspecified atom stereocenters. The summed E-state index contributed by atoms with van der Waals surface area (Å²) in [5.41, 5.74) is 2.14. The van der Waals surface area contributed by atoms with Crippen molar-refractivity contribution in [2.24, 2.45) is 0 Å². The molecular weight excluding hydrogens is 399 g/mol. The molecule has 1 N–H and O–H groups in total. The molecule has 1 aliphatic rings. The van der Waals surface area contributed by atoms with Crippen molar-refractivity contribution in [3.8, 4) is 11.5 Å². The average Bonchev–Trinajstić information content (AvgIpc) is 3.23. The molecule has 0 fully saturated rings. The first-order valence-corrected chi connectivity index (χ1v) is 9.82. The van der Waals surface area contributed by atoms with E-state index < -0.39 is 0 Å². The maximum absolute atomic E-state index is 13.3. The van der Waals surface area contributed by atoms with Crippen molar-refractivity contribution in [3.05, 3.63) is 89.7 Å². The largest absolute Gasteiger partial charge is 0.454 e. The molecule has 0 spiro atoms. The van der Waals surface area contributed by atoms with Crippen LogP contribution in [-0.4, -0.2) is 30.1 Å². The number of carbonyl (C=O) groups excluding carboxylic acids is 2. The van der Waals surface area contributed by atoms with Crippen LogP contribution in [0, 0.1) is 5.82 Å². The lowest BCUT2D eigenvalue weighted by molar-refractivity contribution is -0.134. The maximum atomic E-state index is 13.3. The minimum Gasteiger partial charge on any atom is -0.454 e. The Balaban J connectivity index is 1.46. The van der Waals surface area contributed by atoms with Crippen LogP contribution in [0.15, 0.2) is 72.8 Å².